The number of benzene rings is 3. The van der Waals surface area contributed by atoms with Crippen LogP contribution in [-0.2, 0) is 6.54 Å². The number of ether oxygens (including phenoxy) is 4. The number of hydrogen-bond acceptors (Lipinski definition) is 6. The molecule has 0 saturated carbocycles. The van der Waals surface area contributed by atoms with Gasteiger partial charge in [-0.25, -0.2) is 4.68 Å². The molecule has 0 atom stereocenters. The summed E-state index contributed by atoms with van der Waals surface area (Å²) < 4.78 is 23.2. The van der Waals surface area contributed by atoms with Gasteiger partial charge < -0.3 is 24.3 Å². The number of amides is 1. The Morgan fingerprint density at radius 3 is 2.69 bits per heavy atom. The fourth-order valence-corrected chi connectivity index (χ4v) is 4.00. The lowest BCUT2D eigenvalue weighted by Gasteiger charge is -2.09. The Labute approximate surface area is 206 Å². The Morgan fingerprint density at radius 1 is 1.03 bits per heavy atom. The Kier molecular flexibility index (Phi) is 6.20. The van der Waals surface area contributed by atoms with Gasteiger partial charge in [-0.05, 0) is 54.1 Å². The van der Waals surface area contributed by atoms with E-state index in [-0.39, 0.29) is 12.7 Å². The van der Waals surface area contributed by atoms with Crippen LogP contribution in [0.25, 0.3) is 16.9 Å². The predicted octanol–water partition coefficient (Wildman–Crippen LogP) is 4.87. The van der Waals surface area contributed by atoms with E-state index >= 15 is 0 Å². The largest absolute Gasteiger partial charge is 0.497 e. The molecule has 1 amide bonds. The predicted molar refractivity (Wildman–Crippen MR) is 131 cm³/mol. The molecule has 0 unspecified atom stereocenters. The number of methoxy groups -OCH3 is 2. The monoisotopic (exact) mass is 491 g/mol. The van der Waals surface area contributed by atoms with Gasteiger partial charge in [-0.1, -0.05) is 23.7 Å². The summed E-state index contributed by atoms with van der Waals surface area (Å²) in [6.45, 7) is 0.499. The van der Waals surface area contributed by atoms with Crippen molar-refractivity contribution in [2.75, 3.05) is 21.0 Å². The van der Waals surface area contributed by atoms with Crippen molar-refractivity contribution < 1.29 is 23.7 Å². The van der Waals surface area contributed by atoms with Crippen LogP contribution in [0, 0.1) is 0 Å². The van der Waals surface area contributed by atoms with Crippen molar-refractivity contribution in [1.29, 1.82) is 0 Å². The van der Waals surface area contributed by atoms with Crippen molar-refractivity contribution in [2.24, 2.45) is 0 Å². The Balaban J connectivity index is 1.49. The summed E-state index contributed by atoms with van der Waals surface area (Å²) in [5.41, 5.74) is 3.18. The Bertz CT molecular complexity index is 1400. The lowest BCUT2D eigenvalue weighted by molar-refractivity contribution is 0.0943. The molecule has 1 N–H and O–H groups in total. The first-order valence-electron chi connectivity index (χ1n) is 10.8. The number of fused-ring (bicyclic) bond motifs is 1. The summed E-state index contributed by atoms with van der Waals surface area (Å²) in [6, 6.07) is 19.9. The highest BCUT2D eigenvalue weighted by Crippen LogP contribution is 2.34. The second-order valence-electron chi connectivity index (χ2n) is 7.74. The number of nitrogens with zero attached hydrogens (tertiary/aromatic N) is 2. The molecule has 0 saturated heterocycles. The number of halogens is 1. The van der Waals surface area contributed by atoms with Crippen molar-refractivity contribution in [3.63, 3.8) is 0 Å². The van der Waals surface area contributed by atoms with Gasteiger partial charge in [0.1, 0.15) is 17.2 Å². The molecule has 5 rings (SSSR count). The maximum atomic E-state index is 13.3. The van der Waals surface area contributed by atoms with Crippen LogP contribution in [0.2, 0.25) is 5.02 Å². The van der Waals surface area contributed by atoms with Crippen LogP contribution in [0.15, 0.2) is 66.7 Å². The van der Waals surface area contributed by atoms with Gasteiger partial charge in [0.2, 0.25) is 6.79 Å². The van der Waals surface area contributed by atoms with Crippen molar-refractivity contribution in [3.8, 4) is 39.9 Å². The lowest BCUT2D eigenvalue weighted by Crippen LogP contribution is -2.25. The first-order valence-corrected chi connectivity index (χ1v) is 11.2. The molecule has 8 nitrogen and oxygen atoms in total. The standard InChI is InChI=1S/C26H22ClN3O5/c1-32-19-7-8-20(24(12-19)33-2)21-13-22(30(29-21)18-5-3-4-17(27)11-18)26(31)28-14-16-6-9-23-25(10-16)35-15-34-23/h3-13H,14-15H2,1-2H3,(H,28,31). The molecule has 4 aromatic rings. The summed E-state index contributed by atoms with van der Waals surface area (Å²) >= 11 is 6.22. The highest BCUT2D eigenvalue weighted by Gasteiger charge is 2.20. The van der Waals surface area contributed by atoms with Gasteiger partial charge in [-0.3, -0.25) is 4.79 Å². The number of aromatic nitrogens is 2. The molecular formula is C26H22ClN3O5. The Morgan fingerprint density at radius 2 is 1.89 bits per heavy atom. The van der Waals surface area contributed by atoms with Crippen molar-refractivity contribution in [2.45, 2.75) is 6.54 Å². The first-order chi connectivity index (χ1) is 17.1. The molecule has 0 radical (unpaired) electrons. The molecule has 2 heterocycles. The Hall–Kier alpha value is -4.17. The maximum Gasteiger partial charge on any atom is 0.270 e. The van der Waals surface area contributed by atoms with Crippen LogP contribution in [0.3, 0.4) is 0 Å². The van der Waals surface area contributed by atoms with E-state index in [9.17, 15) is 4.79 Å². The van der Waals surface area contributed by atoms with Gasteiger partial charge in [-0.2, -0.15) is 5.10 Å². The second kappa shape index (κ2) is 9.60. The van der Waals surface area contributed by atoms with E-state index in [0.29, 0.717) is 51.6 Å². The van der Waals surface area contributed by atoms with Crippen LogP contribution >= 0.6 is 11.6 Å². The zero-order valence-electron chi connectivity index (χ0n) is 19.1. The number of nitrogens with one attached hydrogen (secondary N) is 1. The molecule has 1 aromatic heterocycles. The van der Waals surface area contributed by atoms with Gasteiger partial charge in [0.05, 0.1) is 25.6 Å². The number of carbonyl (C=O) groups excluding carboxylic acids is 1. The van der Waals surface area contributed by atoms with Crippen molar-refractivity contribution >= 4 is 17.5 Å². The van der Waals surface area contributed by atoms with E-state index in [1.54, 1.807) is 49.2 Å². The molecule has 1 aliphatic heterocycles. The summed E-state index contributed by atoms with van der Waals surface area (Å²) in [7, 11) is 3.16. The van der Waals surface area contributed by atoms with Crippen LogP contribution in [-0.4, -0.2) is 36.7 Å². The quantitative estimate of drug-likeness (QED) is 0.397. The second-order valence-corrected chi connectivity index (χ2v) is 8.18. The molecule has 0 spiro atoms. The van der Waals surface area contributed by atoms with Crippen molar-refractivity contribution in [3.05, 3.63) is 83.0 Å². The van der Waals surface area contributed by atoms with Gasteiger partial charge in [0, 0.05) is 23.2 Å². The summed E-state index contributed by atoms with van der Waals surface area (Å²) in [5, 5.41) is 8.22. The molecule has 0 aliphatic carbocycles. The average molecular weight is 492 g/mol. The minimum Gasteiger partial charge on any atom is -0.497 e. The number of hydrogen-bond donors (Lipinski definition) is 1. The summed E-state index contributed by atoms with van der Waals surface area (Å²) in [6.07, 6.45) is 0. The van der Waals surface area contributed by atoms with E-state index in [2.05, 4.69) is 5.32 Å². The fraction of sp³-hybridized carbons (Fsp3) is 0.154. The highest BCUT2D eigenvalue weighted by atomic mass is 35.5. The van der Waals surface area contributed by atoms with E-state index in [4.69, 9.17) is 35.6 Å². The van der Waals surface area contributed by atoms with Crippen LogP contribution in [0.1, 0.15) is 16.1 Å². The normalized spacial score (nSPS) is 11.9. The lowest BCUT2D eigenvalue weighted by atomic mass is 10.1. The van der Waals surface area contributed by atoms with Gasteiger partial charge in [0.15, 0.2) is 11.5 Å². The average Bonchev–Trinajstić information content (AvgIpc) is 3.54. The third-order valence-electron chi connectivity index (χ3n) is 5.57. The molecule has 3 aromatic carbocycles. The number of carbonyl (C=O) groups is 1. The minimum absolute atomic E-state index is 0.196. The third kappa shape index (κ3) is 4.61. The molecule has 35 heavy (non-hydrogen) atoms. The van der Waals surface area contributed by atoms with Gasteiger partial charge in [-0.15, -0.1) is 0 Å². The third-order valence-corrected chi connectivity index (χ3v) is 5.80. The molecular weight excluding hydrogens is 470 g/mol. The van der Waals surface area contributed by atoms with E-state index < -0.39 is 0 Å². The maximum absolute atomic E-state index is 13.3. The zero-order valence-corrected chi connectivity index (χ0v) is 19.8. The van der Waals surface area contributed by atoms with Crippen LogP contribution < -0.4 is 24.3 Å². The summed E-state index contributed by atoms with van der Waals surface area (Å²) in [5.74, 6) is 2.29. The molecule has 1 aliphatic rings. The molecule has 0 fully saturated rings. The fourth-order valence-electron chi connectivity index (χ4n) is 3.81. The van der Waals surface area contributed by atoms with E-state index in [1.165, 1.54) is 0 Å². The zero-order chi connectivity index (χ0) is 24.4. The van der Waals surface area contributed by atoms with E-state index in [1.807, 2.05) is 36.4 Å². The smallest absolute Gasteiger partial charge is 0.270 e. The van der Waals surface area contributed by atoms with Crippen LogP contribution in [0.5, 0.6) is 23.0 Å². The summed E-state index contributed by atoms with van der Waals surface area (Å²) in [4.78, 5) is 13.3. The molecule has 0 bridgehead atoms. The molecule has 9 heteroatoms. The minimum atomic E-state index is -0.297. The number of rotatable bonds is 7. The van der Waals surface area contributed by atoms with Crippen LogP contribution in [0.4, 0.5) is 0 Å². The highest BCUT2D eigenvalue weighted by molar-refractivity contribution is 6.30. The first kappa shape index (κ1) is 22.6. The van der Waals surface area contributed by atoms with Gasteiger partial charge in [0.25, 0.3) is 5.91 Å². The topological polar surface area (TPSA) is 83.8 Å². The van der Waals surface area contributed by atoms with Crippen molar-refractivity contribution in [1.82, 2.24) is 15.1 Å². The van der Waals surface area contributed by atoms with Gasteiger partial charge >= 0.3 is 0 Å². The SMILES string of the molecule is COc1ccc(-c2cc(C(=O)NCc3ccc4c(c3)OCO4)n(-c3cccc(Cl)c3)n2)c(OC)c1. The van der Waals surface area contributed by atoms with E-state index in [0.717, 1.165) is 11.1 Å². The molecule has 178 valence electrons.